The standard InChI is InChI=1S/C25H20N2O2/c28-25(24-14-18-10-4-7-13-23(18)29-24)27-15-20(17-8-2-1-3-9-17)21-16-26-22-12-6-5-11-19(21)22/h1-14,16,20,26H,15H2,(H,27,28)/t20-/m1/s1. The van der Waals surface area contributed by atoms with E-state index in [4.69, 9.17) is 4.42 Å². The number of hydrogen-bond acceptors (Lipinski definition) is 2. The highest BCUT2D eigenvalue weighted by Crippen LogP contribution is 2.30. The van der Waals surface area contributed by atoms with E-state index in [9.17, 15) is 4.79 Å². The Labute approximate surface area is 168 Å². The molecular weight excluding hydrogens is 360 g/mol. The molecule has 2 heterocycles. The van der Waals surface area contributed by atoms with Gasteiger partial charge in [0.25, 0.3) is 5.91 Å². The monoisotopic (exact) mass is 380 g/mol. The molecule has 0 unspecified atom stereocenters. The number of rotatable bonds is 5. The van der Waals surface area contributed by atoms with E-state index < -0.39 is 0 Å². The van der Waals surface area contributed by atoms with Crippen LogP contribution < -0.4 is 5.32 Å². The molecule has 4 heteroatoms. The molecular formula is C25H20N2O2. The third kappa shape index (κ3) is 3.29. The van der Waals surface area contributed by atoms with Crippen molar-refractivity contribution in [3.8, 4) is 0 Å². The van der Waals surface area contributed by atoms with Crippen molar-refractivity contribution in [2.45, 2.75) is 5.92 Å². The van der Waals surface area contributed by atoms with Gasteiger partial charge >= 0.3 is 0 Å². The summed E-state index contributed by atoms with van der Waals surface area (Å²) in [5.41, 5.74) is 4.12. The second-order valence-corrected chi connectivity index (χ2v) is 7.11. The number of hydrogen-bond donors (Lipinski definition) is 2. The van der Waals surface area contributed by atoms with Crippen molar-refractivity contribution in [2.75, 3.05) is 6.54 Å². The molecule has 0 radical (unpaired) electrons. The zero-order valence-corrected chi connectivity index (χ0v) is 15.8. The van der Waals surface area contributed by atoms with Crippen molar-refractivity contribution >= 4 is 27.8 Å². The number of para-hydroxylation sites is 2. The van der Waals surface area contributed by atoms with Crippen LogP contribution in [-0.2, 0) is 0 Å². The Morgan fingerprint density at radius 1 is 0.931 bits per heavy atom. The van der Waals surface area contributed by atoms with E-state index in [0.29, 0.717) is 17.9 Å². The van der Waals surface area contributed by atoms with Crippen molar-refractivity contribution in [1.82, 2.24) is 10.3 Å². The highest BCUT2D eigenvalue weighted by molar-refractivity contribution is 5.96. The summed E-state index contributed by atoms with van der Waals surface area (Å²) < 4.78 is 5.71. The first kappa shape index (κ1) is 17.3. The molecule has 1 amide bonds. The average molecular weight is 380 g/mol. The summed E-state index contributed by atoms with van der Waals surface area (Å²) in [6, 6.07) is 27.9. The first-order valence-corrected chi connectivity index (χ1v) is 9.67. The van der Waals surface area contributed by atoms with Gasteiger partial charge in [0, 0.05) is 34.9 Å². The molecule has 0 fully saturated rings. The Morgan fingerprint density at radius 2 is 1.69 bits per heavy atom. The Kier molecular flexibility index (Phi) is 4.37. The maximum absolute atomic E-state index is 12.8. The quantitative estimate of drug-likeness (QED) is 0.424. The number of benzene rings is 3. The van der Waals surface area contributed by atoms with Gasteiger partial charge in [-0.2, -0.15) is 0 Å². The fraction of sp³-hybridized carbons (Fsp3) is 0.0800. The van der Waals surface area contributed by atoms with Gasteiger partial charge in [-0.1, -0.05) is 66.7 Å². The van der Waals surface area contributed by atoms with Crippen LogP contribution in [0.5, 0.6) is 0 Å². The third-order valence-corrected chi connectivity index (χ3v) is 5.31. The van der Waals surface area contributed by atoms with Crippen LogP contribution in [0.4, 0.5) is 0 Å². The van der Waals surface area contributed by atoms with E-state index in [0.717, 1.165) is 22.0 Å². The molecule has 0 aliphatic carbocycles. The van der Waals surface area contributed by atoms with Gasteiger partial charge in [-0.3, -0.25) is 4.79 Å². The fourth-order valence-electron chi connectivity index (χ4n) is 3.85. The molecule has 1 atom stereocenters. The van der Waals surface area contributed by atoms with Gasteiger partial charge in [0.2, 0.25) is 0 Å². The smallest absolute Gasteiger partial charge is 0.287 e. The van der Waals surface area contributed by atoms with Crippen molar-refractivity contribution < 1.29 is 9.21 Å². The van der Waals surface area contributed by atoms with Crippen molar-refractivity contribution in [1.29, 1.82) is 0 Å². The topological polar surface area (TPSA) is 58.0 Å². The molecule has 5 rings (SSSR count). The minimum Gasteiger partial charge on any atom is -0.451 e. The second-order valence-electron chi connectivity index (χ2n) is 7.11. The summed E-state index contributed by atoms with van der Waals surface area (Å²) in [6.07, 6.45) is 2.04. The molecule has 29 heavy (non-hydrogen) atoms. The first-order valence-electron chi connectivity index (χ1n) is 9.67. The Morgan fingerprint density at radius 3 is 2.55 bits per heavy atom. The number of aromatic nitrogens is 1. The lowest BCUT2D eigenvalue weighted by Gasteiger charge is -2.18. The zero-order chi connectivity index (χ0) is 19.6. The summed E-state index contributed by atoms with van der Waals surface area (Å²) in [4.78, 5) is 16.1. The molecule has 2 N–H and O–H groups in total. The van der Waals surface area contributed by atoms with Crippen LogP contribution in [0.25, 0.3) is 21.9 Å². The molecule has 0 aliphatic heterocycles. The first-order chi connectivity index (χ1) is 14.3. The summed E-state index contributed by atoms with van der Waals surface area (Å²) >= 11 is 0. The highest BCUT2D eigenvalue weighted by atomic mass is 16.3. The molecule has 0 spiro atoms. The van der Waals surface area contributed by atoms with E-state index in [1.807, 2.05) is 60.8 Å². The van der Waals surface area contributed by atoms with Crippen molar-refractivity contribution in [2.24, 2.45) is 0 Å². The number of nitrogens with one attached hydrogen (secondary N) is 2. The van der Waals surface area contributed by atoms with Crippen LogP contribution in [-0.4, -0.2) is 17.4 Å². The van der Waals surface area contributed by atoms with Gasteiger partial charge in [0.05, 0.1) is 0 Å². The minimum absolute atomic E-state index is 0.0284. The van der Waals surface area contributed by atoms with Gasteiger partial charge in [-0.05, 0) is 29.3 Å². The molecule has 5 aromatic rings. The number of carbonyl (C=O) groups excluding carboxylic acids is 1. The lowest BCUT2D eigenvalue weighted by atomic mass is 9.91. The lowest BCUT2D eigenvalue weighted by Crippen LogP contribution is -2.28. The molecule has 0 aliphatic rings. The number of aromatic amines is 1. The van der Waals surface area contributed by atoms with Gasteiger partial charge in [0.1, 0.15) is 5.58 Å². The number of H-pyrrole nitrogens is 1. The predicted octanol–water partition coefficient (Wildman–Crippen LogP) is 5.48. The van der Waals surface area contributed by atoms with E-state index in [1.54, 1.807) is 6.07 Å². The molecule has 2 aromatic heterocycles. The normalized spacial score (nSPS) is 12.3. The number of furan rings is 1. The summed E-state index contributed by atoms with van der Waals surface area (Å²) in [6.45, 7) is 0.474. The van der Waals surface area contributed by atoms with E-state index in [2.05, 4.69) is 34.6 Å². The van der Waals surface area contributed by atoms with Crippen molar-refractivity contribution in [3.63, 3.8) is 0 Å². The Bertz CT molecular complexity index is 1250. The van der Waals surface area contributed by atoms with Crippen LogP contribution in [0.1, 0.15) is 27.6 Å². The summed E-state index contributed by atoms with van der Waals surface area (Å²) in [7, 11) is 0. The maximum atomic E-state index is 12.8. The summed E-state index contributed by atoms with van der Waals surface area (Å²) in [5, 5.41) is 5.16. The SMILES string of the molecule is O=C(NC[C@H](c1ccccc1)c1c[nH]c2ccccc12)c1cc2ccccc2o1. The Hall–Kier alpha value is -3.79. The lowest BCUT2D eigenvalue weighted by molar-refractivity contribution is 0.0927. The molecule has 142 valence electrons. The second kappa shape index (κ2) is 7.32. The Balaban J connectivity index is 1.45. The molecule has 0 bridgehead atoms. The highest BCUT2D eigenvalue weighted by Gasteiger charge is 2.20. The van der Waals surface area contributed by atoms with Crippen LogP contribution in [0.3, 0.4) is 0 Å². The van der Waals surface area contributed by atoms with Gasteiger partial charge in [-0.25, -0.2) is 0 Å². The number of fused-ring (bicyclic) bond motifs is 2. The maximum Gasteiger partial charge on any atom is 0.287 e. The van der Waals surface area contributed by atoms with Crippen LogP contribution in [0, 0.1) is 0 Å². The molecule has 4 nitrogen and oxygen atoms in total. The molecule has 3 aromatic carbocycles. The van der Waals surface area contributed by atoms with Gasteiger partial charge < -0.3 is 14.7 Å². The van der Waals surface area contributed by atoms with Crippen LogP contribution >= 0.6 is 0 Å². The van der Waals surface area contributed by atoms with E-state index in [1.165, 1.54) is 5.39 Å². The molecule has 0 saturated carbocycles. The predicted molar refractivity (Wildman–Crippen MR) is 115 cm³/mol. The fourth-order valence-corrected chi connectivity index (χ4v) is 3.85. The minimum atomic E-state index is -0.207. The number of carbonyl (C=O) groups is 1. The van der Waals surface area contributed by atoms with E-state index >= 15 is 0 Å². The van der Waals surface area contributed by atoms with Crippen LogP contribution in [0.15, 0.2) is 95.5 Å². The number of amides is 1. The van der Waals surface area contributed by atoms with E-state index in [-0.39, 0.29) is 11.8 Å². The van der Waals surface area contributed by atoms with Gasteiger partial charge in [-0.15, -0.1) is 0 Å². The van der Waals surface area contributed by atoms with Crippen LogP contribution in [0.2, 0.25) is 0 Å². The summed E-state index contributed by atoms with van der Waals surface area (Å²) in [5.74, 6) is 0.152. The largest absolute Gasteiger partial charge is 0.451 e. The van der Waals surface area contributed by atoms with Crippen molar-refractivity contribution in [3.05, 3.63) is 108 Å². The average Bonchev–Trinajstić information content (AvgIpc) is 3.39. The zero-order valence-electron chi connectivity index (χ0n) is 15.8. The third-order valence-electron chi connectivity index (χ3n) is 5.31. The van der Waals surface area contributed by atoms with Gasteiger partial charge in [0.15, 0.2) is 5.76 Å². The molecule has 0 saturated heterocycles.